The molecule has 0 bridgehead atoms. The summed E-state index contributed by atoms with van der Waals surface area (Å²) in [5.74, 6) is 0.252. The monoisotopic (exact) mass is 235 g/mol. The van der Waals surface area contributed by atoms with Crippen molar-refractivity contribution in [3.63, 3.8) is 0 Å². The highest BCUT2D eigenvalue weighted by Gasteiger charge is 2.14. The zero-order chi connectivity index (χ0) is 12.7. The lowest BCUT2D eigenvalue weighted by molar-refractivity contribution is -0.122. The number of aliphatic hydroxyl groups is 1. The van der Waals surface area contributed by atoms with E-state index in [1.165, 1.54) is 0 Å². The van der Waals surface area contributed by atoms with Gasteiger partial charge in [0, 0.05) is 6.42 Å². The number of benzene rings is 1. The maximum Gasteiger partial charge on any atom is 0.220 e. The normalized spacial score (nSPS) is 12.5. The van der Waals surface area contributed by atoms with Crippen LogP contribution in [0.3, 0.4) is 0 Å². The van der Waals surface area contributed by atoms with E-state index in [4.69, 9.17) is 5.11 Å². The number of carbonyl (C=O) groups is 1. The van der Waals surface area contributed by atoms with Gasteiger partial charge in [-0.15, -0.1) is 0 Å². The van der Waals surface area contributed by atoms with Gasteiger partial charge in [0.15, 0.2) is 0 Å². The SMILES string of the molecule is CC(C)[C@H](CO)NC(=O)CCc1ccccc1. The van der Waals surface area contributed by atoms with E-state index in [0.717, 1.165) is 12.0 Å². The van der Waals surface area contributed by atoms with Gasteiger partial charge in [-0.05, 0) is 17.9 Å². The van der Waals surface area contributed by atoms with Gasteiger partial charge in [0.05, 0.1) is 12.6 Å². The third kappa shape index (κ3) is 5.00. The molecule has 3 nitrogen and oxygen atoms in total. The van der Waals surface area contributed by atoms with Gasteiger partial charge in [-0.3, -0.25) is 4.79 Å². The van der Waals surface area contributed by atoms with Crippen LogP contribution in [0, 0.1) is 5.92 Å². The Morgan fingerprint density at radius 2 is 1.94 bits per heavy atom. The molecule has 94 valence electrons. The molecule has 1 aromatic rings. The van der Waals surface area contributed by atoms with Crippen LogP contribution >= 0.6 is 0 Å². The molecule has 1 amide bonds. The summed E-state index contributed by atoms with van der Waals surface area (Å²) in [4.78, 5) is 11.7. The number of aryl methyl sites for hydroxylation is 1. The van der Waals surface area contributed by atoms with E-state index in [1.807, 2.05) is 44.2 Å². The van der Waals surface area contributed by atoms with Crippen LogP contribution in [0.4, 0.5) is 0 Å². The van der Waals surface area contributed by atoms with E-state index in [2.05, 4.69) is 5.32 Å². The summed E-state index contributed by atoms with van der Waals surface area (Å²) in [5.41, 5.74) is 1.16. The number of nitrogens with one attached hydrogen (secondary N) is 1. The van der Waals surface area contributed by atoms with E-state index < -0.39 is 0 Å². The zero-order valence-corrected chi connectivity index (χ0v) is 10.5. The Balaban J connectivity index is 2.35. The summed E-state index contributed by atoms with van der Waals surface area (Å²) in [5, 5.41) is 12.0. The second-order valence-corrected chi connectivity index (χ2v) is 4.59. The van der Waals surface area contributed by atoms with Gasteiger partial charge in [0.25, 0.3) is 0 Å². The summed E-state index contributed by atoms with van der Waals surface area (Å²) in [6.45, 7) is 3.96. The van der Waals surface area contributed by atoms with Crippen molar-refractivity contribution in [3.05, 3.63) is 35.9 Å². The highest BCUT2D eigenvalue weighted by molar-refractivity contribution is 5.76. The number of hydrogen-bond acceptors (Lipinski definition) is 2. The van der Waals surface area contributed by atoms with Gasteiger partial charge in [0.1, 0.15) is 0 Å². The van der Waals surface area contributed by atoms with Gasteiger partial charge in [-0.2, -0.15) is 0 Å². The molecule has 1 aromatic carbocycles. The zero-order valence-electron chi connectivity index (χ0n) is 10.5. The lowest BCUT2D eigenvalue weighted by Crippen LogP contribution is -2.41. The quantitative estimate of drug-likeness (QED) is 0.789. The van der Waals surface area contributed by atoms with Crippen molar-refractivity contribution in [2.45, 2.75) is 32.7 Å². The molecule has 0 spiro atoms. The number of aliphatic hydroxyl groups excluding tert-OH is 1. The van der Waals surface area contributed by atoms with Crippen LogP contribution in [0.15, 0.2) is 30.3 Å². The fraction of sp³-hybridized carbons (Fsp3) is 0.500. The largest absolute Gasteiger partial charge is 0.394 e. The summed E-state index contributed by atoms with van der Waals surface area (Å²) in [7, 11) is 0. The van der Waals surface area contributed by atoms with Crippen LogP contribution < -0.4 is 5.32 Å². The molecule has 0 heterocycles. The van der Waals surface area contributed by atoms with Gasteiger partial charge in [-0.1, -0.05) is 44.2 Å². The van der Waals surface area contributed by atoms with Crippen molar-refractivity contribution in [1.29, 1.82) is 0 Å². The second kappa shape index (κ2) is 7.07. The first kappa shape index (κ1) is 13.7. The fourth-order valence-corrected chi connectivity index (χ4v) is 1.60. The minimum absolute atomic E-state index is 0.00148. The van der Waals surface area contributed by atoms with Crippen molar-refractivity contribution in [1.82, 2.24) is 5.32 Å². The van der Waals surface area contributed by atoms with Crippen molar-refractivity contribution >= 4 is 5.91 Å². The van der Waals surface area contributed by atoms with Gasteiger partial charge in [0.2, 0.25) is 5.91 Å². The molecule has 0 aliphatic rings. The van der Waals surface area contributed by atoms with Crippen LogP contribution in [-0.2, 0) is 11.2 Å². The van der Waals surface area contributed by atoms with Crippen LogP contribution in [0.2, 0.25) is 0 Å². The van der Waals surface area contributed by atoms with Gasteiger partial charge < -0.3 is 10.4 Å². The predicted octanol–water partition coefficient (Wildman–Crippen LogP) is 1.75. The van der Waals surface area contributed by atoms with E-state index in [0.29, 0.717) is 6.42 Å². The first-order valence-electron chi connectivity index (χ1n) is 6.07. The molecule has 0 saturated heterocycles. The van der Waals surface area contributed by atoms with Crippen LogP contribution in [0.25, 0.3) is 0 Å². The highest BCUT2D eigenvalue weighted by atomic mass is 16.3. The van der Waals surface area contributed by atoms with Crippen molar-refractivity contribution in [2.75, 3.05) is 6.61 Å². The molecule has 2 N–H and O–H groups in total. The molecular formula is C14H21NO2. The smallest absolute Gasteiger partial charge is 0.220 e. The fourth-order valence-electron chi connectivity index (χ4n) is 1.60. The van der Waals surface area contributed by atoms with E-state index >= 15 is 0 Å². The number of amides is 1. The van der Waals surface area contributed by atoms with E-state index in [-0.39, 0.29) is 24.5 Å². The molecule has 0 radical (unpaired) electrons. The van der Waals surface area contributed by atoms with Crippen molar-refractivity contribution in [2.24, 2.45) is 5.92 Å². The Morgan fingerprint density at radius 3 is 2.47 bits per heavy atom. The molecule has 0 saturated carbocycles. The first-order valence-corrected chi connectivity index (χ1v) is 6.07. The molecule has 0 aliphatic carbocycles. The molecule has 1 rings (SSSR count). The second-order valence-electron chi connectivity index (χ2n) is 4.59. The number of rotatable bonds is 6. The Labute approximate surface area is 103 Å². The maximum absolute atomic E-state index is 11.7. The van der Waals surface area contributed by atoms with Crippen molar-refractivity contribution in [3.8, 4) is 0 Å². The molecule has 3 heteroatoms. The lowest BCUT2D eigenvalue weighted by atomic mass is 10.0. The predicted molar refractivity (Wildman–Crippen MR) is 68.6 cm³/mol. The molecule has 0 fully saturated rings. The van der Waals surface area contributed by atoms with Gasteiger partial charge >= 0.3 is 0 Å². The standard InChI is InChI=1S/C14H21NO2/c1-11(2)13(10-16)15-14(17)9-8-12-6-4-3-5-7-12/h3-7,11,13,16H,8-10H2,1-2H3,(H,15,17)/t13-/m0/s1. The average molecular weight is 235 g/mol. The molecule has 0 aromatic heterocycles. The minimum Gasteiger partial charge on any atom is -0.394 e. The Kier molecular flexibility index (Phi) is 5.70. The summed E-state index contributed by atoms with van der Waals surface area (Å²) in [6, 6.07) is 9.79. The molecule has 17 heavy (non-hydrogen) atoms. The van der Waals surface area contributed by atoms with Crippen LogP contribution in [0.1, 0.15) is 25.8 Å². The third-order valence-corrected chi connectivity index (χ3v) is 2.83. The highest BCUT2D eigenvalue weighted by Crippen LogP contribution is 2.04. The third-order valence-electron chi connectivity index (χ3n) is 2.83. The van der Waals surface area contributed by atoms with Gasteiger partial charge in [-0.25, -0.2) is 0 Å². The minimum atomic E-state index is -0.140. The van der Waals surface area contributed by atoms with Crippen LogP contribution in [-0.4, -0.2) is 23.7 Å². The topological polar surface area (TPSA) is 49.3 Å². The first-order chi connectivity index (χ1) is 8.13. The van der Waals surface area contributed by atoms with E-state index in [9.17, 15) is 4.79 Å². The Morgan fingerprint density at radius 1 is 1.29 bits per heavy atom. The molecule has 1 atom stereocenters. The number of hydrogen-bond donors (Lipinski definition) is 2. The van der Waals surface area contributed by atoms with Crippen molar-refractivity contribution < 1.29 is 9.90 Å². The summed E-state index contributed by atoms with van der Waals surface area (Å²) >= 11 is 0. The maximum atomic E-state index is 11.7. The average Bonchev–Trinajstić information content (AvgIpc) is 2.34. The molecule has 0 aliphatic heterocycles. The summed E-state index contributed by atoms with van der Waals surface area (Å²) < 4.78 is 0. The Hall–Kier alpha value is -1.35. The number of carbonyl (C=O) groups excluding carboxylic acids is 1. The summed E-state index contributed by atoms with van der Waals surface area (Å²) in [6.07, 6.45) is 1.20. The lowest BCUT2D eigenvalue weighted by Gasteiger charge is -2.19. The molecule has 0 unspecified atom stereocenters. The molecular weight excluding hydrogens is 214 g/mol. The van der Waals surface area contributed by atoms with Crippen LogP contribution in [0.5, 0.6) is 0 Å². The Bertz CT molecular complexity index is 335. The van der Waals surface area contributed by atoms with E-state index in [1.54, 1.807) is 0 Å².